The molecule has 4 saturated carbocycles. The largest absolute Gasteiger partial charge is 0.465 e. The lowest BCUT2D eigenvalue weighted by Gasteiger charge is -2.55. The summed E-state index contributed by atoms with van der Waals surface area (Å²) in [5, 5.41) is 2.43. The first-order valence-electron chi connectivity index (χ1n) is 11.8. The zero-order valence-electron chi connectivity index (χ0n) is 17.7. The van der Waals surface area contributed by atoms with Crippen LogP contribution in [0.2, 0.25) is 0 Å². The third-order valence-electron chi connectivity index (χ3n) is 7.28. The molecular formula is C23H38F3NO2. The molecule has 0 spiro atoms. The van der Waals surface area contributed by atoms with Crippen molar-refractivity contribution in [2.24, 2.45) is 23.2 Å². The number of halogens is 3. The molecule has 3 nitrogen and oxygen atoms in total. The van der Waals surface area contributed by atoms with Crippen LogP contribution in [0.5, 0.6) is 0 Å². The second-order valence-electron chi connectivity index (χ2n) is 9.95. The lowest BCUT2D eigenvalue weighted by atomic mass is 9.49. The number of ether oxygens (including phenoxy) is 1. The SMILES string of the molecule is O=C(OCCCCCCCCCCNCC(F)(F)F)C12CC3CC(CC(C3)C1)C2. The lowest BCUT2D eigenvalue weighted by molar-refractivity contribution is -0.171. The van der Waals surface area contributed by atoms with Gasteiger partial charge in [0.2, 0.25) is 0 Å². The maximum atomic E-state index is 12.7. The average molecular weight is 418 g/mol. The van der Waals surface area contributed by atoms with Crippen LogP contribution in [0.15, 0.2) is 0 Å². The smallest absolute Gasteiger partial charge is 0.401 e. The molecule has 4 fully saturated rings. The Morgan fingerprint density at radius 3 is 1.83 bits per heavy atom. The minimum atomic E-state index is -4.11. The fourth-order valence-electron chi connectivity index (χ4n) is 6.32. The Hall–Kier alpha value is -0.780. The van der Waals surface area contributed by atoms with Crippen molar-refractivity contribution < 1.29 is 22.7 Å². The fraction of sp³-hybridized carbons (Fsp3) is 0.957. The third kappa shape index (κ3) is 7.15. The summed E-state index contributed by atoms with van der Waals surface area (Å²) in [6, 6.07) is 0. The van der Waals surface area contributed by atoms with Gasteiger partial charge in [0.05, 0.1) is 18.6 Å². The molecule has 0 radical (unpaired) electrons. The van der Waals surface area contributed by atoms with Gasteiger partial charge in [-0.1, -0.05) is 38.5 Å². The van der Waals surface area contributed by atoms with E-state index < -0.39 is 12.7 Å². The van der Waals surface area contributed by atoms with Crippen molar-refractivity contribution in [1.82, 2.24) is 5.32 Å². The van der Waals surface area contributed by atoms with Gasteiger partial charge in [-0.15, -0.1) is 0 Å². The highest BCUT2D eigenvalue weighted by atomic mass is 19.4. The van der Waals surface area contributed by atoms with Crippen LogP contribution in [0.3, 0.4) is 0 Å². The van der Waals surface area contributed by atoms with Crippen molar-refractivity contribution in [2.45, 2.75) is 96.1 Å². The monoisotopic (exact) mass is 417 g/mol. The molecule has 168 valence electrons. The molecule has 0 saturated heterocycles. The second-order valence-corrected chi connectivity index (χ2v) is 9.95. The van der Waals surface area contributed by atoms with E-state index >= 15 is 0 Å². The quantitative estimate of drug-likeness (QED) is 0.294. The van der Waals surface area contributed by atoms with Crippen molar-refractivity contribution in [2.75, 3.05) is 19.7 Å². The topological polar surface area (TPSA) is 38.3 Å². The summed E-state index contributed by atoms with van der Waals surface area (Å²) in [6.45, 7) is 0.112. The van der Waals surface area contributed by atoms with Gasteiger partial charge in [-0.25, -0.2) is 0 Å². The van der Waals surface area contributed by atoms with Crippen LogP contribution >= 0.6 is 0 Å². The summed E-state index contributed by atoms with van der Waals surface area (Å²) in [7, 11) is 0. The fourth-order valence-corrected chi connectivity index (χ4v) is 6.32. The molecule has 4 bridgehead atoms. The number of hydrogen-bond acceptors (Lipinski definition) is 3. The molecule has 4 aliphatic rings. The molecule has 29 heavy (non-hydrogen) atoms. The average Bonchev–Trinajstić information content (AvgIpc) is 2.63. The van der Waals surface area contributed by atoms with Gasteiger partial charge >= 0.3 is 12.1 Å². The van der Waals surface area contributed by atoms with Gasteiger partial charge in [-0.05, 0) is 75.7 Å². The molecule has 0 aromatic carbocycles. The highest BCUT2D eigenvalue weighted by Gasteiger charge is 2.55. The number of alkyl halides is 3. The molecule has 6 heteroatoms. The number of hydrogen-bond donors (Lipinski definition) is 1. The zero-order valence-corrected chi connectivity index (χ0v) is 17.7. The minimum absolute atomic E-state index is 0.0933. The van der Waals surface area contributed by atoms with E-state index in [1.54, 1.807) is 0 Å². The van der Waals surface area contributed by atoms with Crippen LogP contribution in [0.1, 0.15) is 89.9 Å². The Balaban J connectivity index is 1.13. The number of carbonyl (C=O) groups is 1. The molecule has 0 atom stereocenters. The molecule has 4 aliphatic carbocycles. The summed E-state index contributed by atoms with van der Waals surface area (Å²) in [4.78, 5) is 12.7. The van der Waals surface area contributed by atoms with Crippen molar-refractivity contribution >= 4 is 5.97 Å². The van der Waals surface area contributed by atoms with Crippen LogP contribution in [-0.2, 0) is 9.53 Å². The van der Waals surface area contributed by atoms with Gasteiger partial charge < -0.3 is 10.1 Å². The van der Waals surface area contributed by atoms with E-state index in [1.807, 2.05) is 0 Å². The standard InChI is InChI=1S/C23H38F3NO2/c24-23(25,26)17-27-9-7-5-3-1-2-4-6-8-10-29-21(28)22-14-18-11-19(15-22)13-20(12-18)16-22/h18-20,27H,1-17H2. The van der Waals surface area contributed by atoms with E-state index in [0.29, 0.717) is 13.2 Å². The number of nitrogens with one attached hydrogen (secondary N) is 1. The summed E-state index contributed by atoms with van der Waals surface area (Å²) in [6.07, 6.45) is 11.5. The number of esters is 1. The maximum Gasteiger partial charge on any atom is 0.401 e. The van der Waals surface area contributed by atoms with Gasteiger partial charge in [0, 0.05) is 0 Å². The van der Waals surface area contributed by atoms with E-state index in [4.69, 9.17) is 4.74 Å². The predicted molar refractivity (Wildman–Crippen MR) is 107 cm³/mol. The molecule has 4 rings (SSSR count). The van der Waals surface area contributed by atoms with E-state index in [2.05, 4.69) is 5.32 Å². The minimum Gasteiger partial charge on any atom is -0.465 e. The highest BCUT2D eigenvalue weighted by Crippen LogP contribution is 2.60. The second kappa shape index (κ2) is 10.5. The summed E-state index contributed by atoms with van der Waals surface area (Å²) >= 11 is 0. The summed E-state index contributed by atoms with van der Waals surface area (Å²) in [5.41, 5.74) is -0.135. The van der Waals surface area contributed by atoms with Gasteiger partial charge in [-0.3, -0.25) is 4.79 Å². The molecule has 1 N–H and O–H groups in total. The Bertz CT molecular complexity index is 485. The summed E-state index contributed by atoms with van der Waals surface area (Å²) < 4.78 is 41.6. The highest BCUT2D eigenvalue weighted by molar-refractivity contribution is 5.77. The Labute approximate surface area is 173 Å². The first-order chi connectivity index (χ1) is 13.9. The predicted octanol–water partition coefficient (Wildman–Crippen LogP) is 6.02. The normalized spacial score (nSPS) is 30.7. The summed E-state index contributed by atoms with van der Waals surface area (Å²) in [5.74, 6) is 2.41. The van der Waals surface area contributed by atoms with Gasteiger partial charge in [-0.2, -0.15) is 13.2 Å². The molecule has 0 aromatic heterocycles. The maximum absolute atomic E-state index is 12.7. The number of unbranched alkanes of at least 4 members (excludes halogenated alkanes) is 7. The van der Waals surface area contributed by atoms with Crippen molar-refractivity contribution in [3.63, 3.8) is 0 Å². The third-order valence-corrected chi connectivity index (χ3v) is 7.28. The van der Waals surface area contributed by atoms with Gasteiger partial charge in [0.25, 0.3) is 0 Å². The van der Waals surface area contributed by atoms with Crippen LogP contribution in [0.25, 0.3) is 0 Å². The number of rotatable bonds is 13. The Morgan fingerprint density at radius 2 is 1.31 bits per heavy atom. The van der Waals surface area contributed by atoms with Crippen molar-refractivity contribution in [3.05, 3.63) is 0 Å². The molecule has 0 aliphatic heterocycles. The van der Waals surface area contributed by atoms with Crippen molar-refractivity contribution in [3.8, 4) is 0 Å². The van der Waals surface area contributed by atoms with Crippen LogP contribution in [-0.4, -0.2) is 31.8 Å². The van der Waals surface area contributed by atoms with E-state index in [-0.39, 0.29) is 11.4 Å². The van der Waals surface area contributed by atoms with Crippen LogP contribution in [0, 0.1) is 23.2 Å². The first kappa shape index (κ1) is 22.9. The number of carbonyl (C=O) groups excluding carboxylic acids is 1. The van der Waals surface area contributed by atoms with E-state index in [0.717, 1.165) is 88.4 Å². The first-order valence-corrected chi connectivity index (χ1v) is 11.8. The lowest BCUT2D eigenvalue weighted by Crippen LogP contribution is -2.50. The van der Waals surface area contributed by atoms with Crippen LogP contribution in [0.4, 0.5) is 13.2 Å². The van der Waals surface area contributed by atoms with Crippen molar-refractivity contribution in [1.29, 1.82) is 0 Å². The molecule has 0 heterocycles. The molecular weight excluding hydrogens is 379 g/mol. The van der Waals surface area contributed by atoms with Gasteiger partial charge in [0.1, 0.15) is 0 Å². The molecule has 0 aromatic rings. The Morgan fingerprint density at radius 1 is 0.828 bits per heavy atom. The van der Waals surface area contributed by atoms with E-state index in [9.17, 15) is 18.0 Å². The van der Waals surface area contributed by atoms with Gasteiger partial charge in [0.15, 0.2) is 0 Å². The van der Waals surface area contributed by atoms with Crippen LogP contribution < -0.4 is 5.32 Å². The molecule has 0 unspecified atom stereocenters. The molecule has 0 amide bonds. The Kier molecular flexibility index (Phi) is 8.29. The van der Waals surface area contributed by atoms with E-state index in [1.165, 1.54) is 19.3 Å². The zero-order chi connectivity index (χ0) is 20.7.